The summed E-state index contributed by atoms with van der Waals surface area (Å²) in [4.78, 5) is 27.8. The first kappa shape index (κ1) is 12.7. The molecule has 0 spiro atoms. The summed E-state index contributed by atoms with van der Waals surface area (Å²) in [7, 11) is 0. The minimum absolute atomic E-state index is 0.103. The van der Waals surface area contributed by atoms with E-state index in [1.165, 1.54) is 12.1 Å². The van der Waals surface area contributed by atoms with E-state index >= 15 is 0 Å². The van der Waals surface area contributed by atoms with Crippen molar-refractivity contribution in [2.75, 3.05) is 11.9 Å². The maximum Gasteiger partial charge on any atom is 0.293 e. The molecule has 0 atom stereocenters. The number of hydrogen-bond donors (Lipinski definition) is 2. The van der Waals surface area contributed by atoms with E-state index in [1.54, 1.807) is 18.6 Å². The Kier molecular flexibility index (Phi) is 3.87. The van der Waals surface area contributed by atoms with E-state index in [1.807, 2.05) is 0 Å². The molecule has 0 unspecified atom stereocenters. The summed E-state index contributed by atoms with van der Waals surface area (Å²) in [6, 6.07) is 4.33. The predicted octanol–water partition coefficient (Wildman–Crippen LogP) is 1.78. The van der Waals surface area contributed by atoms with E-state index in [2.05, 4.69) is 15.3 Å². The molecule has 0 saturated heterocycles. The third-order valence-corrected chi connectivity index (χ3v) is 2.62. The second-order valence-electron chi connectivity index (χ2n) is 3.91. The van der Waals surface area contributed by atoms with Crippen LogP contribution < -0.4 is 5.32 Å². The van der Waals surface area contributed by atoms with Crippen LogP contribution in [0.25, 0.3) is 0 Å². The molecular formula is C12H12N4O3. The minimum Gasteiger partial charge on any atom is -0.379 e. The standard InChI is InChI=1S/C12H12N4O3/c17-7-9-1-2-11(12(5-9)16(18)19)14-4-3-10-6-13-8-15-10/h1-2,5-8,14H,3-4H2,(H,13,15). The number of nitro groups is 1. The predicted molar refractivity (Wildman–Crippen MR) is 69.3 cm³/mol. The van der Waals surface area contributed by atoms with E-state index in [4.69, 9.17) is 0 Å². The van der Waals surface area contributed by atoms with Gasteiger partial charge < -0.3 is 10.3 Å². The van der Waals surface area contributed by atoms with Gasteiger partial charge >= 0.3 is 0 Å². The summed E-state index contributed by atoms with van der Waals surface area (Å²) in [6.45, 7) is 0.531. The number of imidazole rings is 1. The van der Waals surface area contributed by atoms with Gasteiger partial charge in [-0.05, 0) is 12.1 Å². The molecule has 1 heterocycles. The van der Waals surface area contributed by atoms with Gasteiger partial charge in [0.05, 0.1) is 11.3 Å². The van der Waals surface area contributed by atoms with Gasteiger partial charge in [0.15, 0.2) is 0 Å². The molecule has 7 nitrogen and oxygen atoms in total. The van der Waals surface area contributed by atoms with Crippen LogP contribution in [-0.2, 0) is 6.42 Å². The highest BCUT2D eigenvalue weighted by molar-refractivity contribution is 5.79. The first-order valence-electron chi connectivity index (χ1n) is 5.65. The Labute approximate surface area is 108 Å². The van der Waals surface area contributed by atoms with Crippen LogP contribution in [-0.4, -0.2) is 27.7 Å². The molecule has 0 fully saturated rings. The zero-order chi connectivity index (χ0) is 13.7. The normalized spacial score (nSPS) is 10.1. The first-order chi connectivity index (χ1) is 9.20. The maximum atomic E-state index is 10.9. The number of H-pyrrole nitrogens is 1. The van der Waals surface area contributed by atoms with E-state index in [-0.39, 0.29) is 11.3 Å². The van der Waals surface area contributed by atoms with Gasteiger partial charge in [-0.25, -0.2) is 4.98 Å². The zero-order valence-electron chi connectivity index (χ0n) is 10.00. The maximum absolute atomic E-state index is 10.9. The highest BCUT2D eigenvalue weighted by Crippen LogP contribution is 2.24. The Balaban J connectivity index is 2.06. The quantitative estimate of drug-likeness (QED) is 0.468. The van der Waals surface area contributed by atoms with E-state index in [9.17, 15) is 14.9 Å². The Hall–Kier alpha value is -2.70. The van der Waals surface area contributed by atoms with Crippen LogP contribution in [0.1, 0.15) is 16.1 Å². The lowest BCUT2D eigenvalue weighted by molar-refractivity contribution is -0.384. The number of benzene rings is 1. The molecule has 1 aromatic heterocycles. The second-order valence-corrected chi connectivity index (χ2v) is 3.91. The van der Waals surface area contributed by atoms with E-state index in [0.717, 1.165) is 5.69 Å². The lowest BCUT2D eigenvalue weighted by Crippen LogP contribution is -2.07. The van der Waals surface area contributed by atoms with Gasteiger partial charge in [-0.3, -0.25) is 14.9 Å². The van der Waals surface area contributed by atoms with Crippen LogP contribution in [0, 0.1) is 10.1 Å². The number of nitro benzene ring substituents is 1. The third kappa shape index (κ3) is 3.15. The van der Waals surface area contributed by atoms with Gasteiger partial charge in [-0.2, -0.15) is 0 Å². The van der Waals surface area contributed by atoms with Crippen LogP contribution in [0.15, 0.2) is 30.7 Å². The molecule has 0 saturated carbocycles. The number of aldehydes is 1. The first-order valence-corrected chi connectivity index (χ1v) is 5.65. The average molecular weight is 260 g/mol. The van der Waals surface area contributed by atoms with Gasteiger partial charge in [0.2, 0.25) is 0 Å². The van der Waals surface area contributed by atoms with Crippen LogP contribution >= 0.6 is 0 Å². The monoisotopic (exact) mass is 260 g/mol. The molecule has 2 aromatic rings. The number of anilines is 1. The largest absolute Gasteiger partial charge is 0.379 e. The Morgan fingerprint density at radius 2 is 2.32 bits per heavy atom. The summed E-state index contributed by atoms with van der Waals surface area (Å²) in [5.74, 6) is 0. The Bertz CT molecular complexity index is 581. The smallest absolute Gasteiger partial charge is 0.293 e. The topological polar surface area (TPSA) is 101 Å². The lowest BCUT2D eigenvalue weighted by atomic mass is 10.2. The molecule has 98 valence electrons. The fourth-order valence-corrected chi connectivity index (χ4v) is 1.68. The Morgan fingerprint density at radius 3 is 2.95 bits per heavy atom. The summed E-state index contributed by atoms with van der Waals surface area (Å²) >= 11 is 0. The minimum atomic E-state index is -0.508. The number of rotatable bonds is 6. The molecule has 1 aromatic carbocycles. The van der Waals surface area contributed by atoms with Crippen molar-refractivity contribution in [3.63, 3.8) is 0 Å². The van der Waals surface area contributed by atoms with Crippen LogP contribution in [0.5, 0.6) is 0 Å². The molecule has 7 heteroatoms. The summed E-state index contributed by atoms with van der Waals surface area (Å²) in [5, 5.41) is 13.9. The number of aromatic amines is 1. The number of carbonyl (C=O) groups excluding carboxylic acids is 1. The summed E-state index contributed by atoms with van der Waals surface area (Å²) in [6.07, 6.45) is 4.54. The summed E-state index contributed by atoms with van der Waals surface area (Å²) < 4.78 is 0. The number of carbonyl (C=O) groups is 1. The van der Waals surface area contributed by atoms with Crippen molar-refractivity contribution in [2.45, 2.75) is 6.42 Å². The van der Waals surface area contributed by atoms with Gasteiger partial charge in [0.1, 0.15) is 12.0 Å². The number of nitrogens with one attached hydrogen (secondary N) is 2. The zero-order valence-corrected chi connectivity index (χ0v) is 10.00. The fraction of sp³-hybridized carbons (Fsp3) is 0.167. The average Bonchev–Trinajstić information content (AvgIpc) is 2.92. The number of nitrogens with zero attached hydrogens (tertiary/aromatic N) is 2. The Morgan fingerprint density at radius 1 is 1.47 bits per heavy atom. The van der Waals surface area contributed by atoms with Crippen LogP contribution in [0.3, 0.4) is 0 Å². The molecule has 19 heavy (non-hydrogen) atoms. The van der Waals surface area contributed by atoms with E-state index in [0.29, 0.717) is 24.9 Å². The van der Waals surface area contributed by atoms with Crippen molar-refractivity contribution in [1.29, 1.82) is 0 Å². The molecule has 0 amide bonds. The van der Waals surface area contributed by atoms with Gasteiger partial charge in [0, 0.05) is 36.5 Å². The van der Waals surface area contributed by atoms with Gasteiger partial charge in [-0.15, -0.1) is 0 Å². The van der Waals surface area contributed by atoms with Crippen molar-refractivity contribution < 1.29 is 9.72 Å². The molecule has 0 aliphatic carbocycles. The molecule has 0 bridgehead atoms. The second kappa shape index (κ2) is 5.76. The highest BCUT2D eigenvalue weighted by Gasteiger charge is 2.14. The van der Waals surface area contributed by atoms with Crippen molar-refractivity contribution in [2.24, 2.45) is 0 Å². The third-order valence-electron chi connectivity index (χ3n) is 2.62. The van der Waals surface area contributed by atoms with Crippen molar-refractivity contribution in [1.82, 2.24) is 9.97 Å². The van der Waals surface area contributed by atoms with Crippen molar-refractivity contribution in [3.8, 4) is 0 Å². The number of aromatic nitrogens is 2. The van der Waals surface area contributed by atoms with Crippen molar-refractivity contribution in [3.05, 3.63) is 52.1 Å². The lowest BCUT2D eigenvalue weighted by Gasteiger charge is -2.06. The fourth-order valence-electron chi connectivity index (χ4n) is 1.68. The highest BCUT2D eigenvalue weighted by atomic mass is 16.6. The molecular weight excluding hydrogens is 248 g/mol. The molecule has 0 aliphatic heterocycles. The molecule has 0 aliphatic rings. The molecule has 2 rings (SSSR count). The van der Waals surface area contributed by atoms with Crippen LogP contribution in [0.4, 0.5) is 11.4 Å². The molecule has 0 radical (unpaired) electrons. The van der Waals surface area contributed by atoms with Crippen LogP contribution in [0.2, 0.25) is 0 Å². The molecule has 2 N–H and O–H groups in total. The SMILES string of the molecule is O=Cc1ccc(NCCc2cnc[nH]2)c([N+](=O)[O-])c1. The van der Waals surface area contributed by atoms with Gasteiger partial charge in [0.25, 0.3) is 5.69 Å². The van der Waals surface area contributed by atoms with Crippen molar-refractivity contribution >= 4 is 17.7 Å². The van der Waals surface area contributed by atoms with E-state index < -0.39 is 4.92 Å². The number of hydrogen-bond acceptors (Lipinski definition) is 5. The summed E-state index contributed by atoms with van der Waals surface area (Å²) in [5.41, 5.74) is 1.52. The van der Waals surface area contributed by atoms with Gasteiger partial charge in [-0.1, -0.05) is 0 Å².